The summed E-state index contributed by atoms with van der Waals surface area (Å²) in [6.45, 7) is 0. The summed E-state index contributed by atoms with van der Waals surface area (Å²) in [4.78, 5) is 1.37. The molecule has 0 bridgehead atoms. The van der Waals surface area contributed by atoms with Crippen LogP contribution >= 0.6 is 11.3 Å². The molecule has 106 valence electrons. The summed E-state index contributed by atoms with van der Waals surface area (Å²) in [5, 5.41) is 2.16. The first kappa shape index (κ1) is 13.8. The zero-order valence-corrected chi connectivity index (χ0v) is 14.4. The molecular weight excluding hydrogens is 351 g/mol. The Bertz CT molecular complexity index is 859. The van der Waals surface area contributed by atoms with Crippen LogP contribution in [0.2, 0.25) is 0 Å². The van der Waals surface area contributed by atoms with E-state index in [2.05, 4.69) is 84.2 Å². The van der Waals surface area contributed by atoms with Crippen LogP contribution in [0.1, 0.15) is 0 Å². The van der Waals surface area contributed by atoms with E-state index in [9.17, 15) is 0 Å². The standard InChI is InChI=1S/C20H14SSe/c1-3-8-15(9-4-1)19-14-17(18-12-7-13-21-18)20(22-19)16-10-5-2-6-11-16/h1-14H. The molecule has 0 aliphatic rings. The molecule has 0 amide bonds. The fourth-order valence-corrected chi connectivity index (χ4v) is 5.93. The molecule has 0 unspecified atom stereocenters. The van der Waals surface area contributed by atoms with Gasteiger partial charge in [0, 0.05) is 0 Å². The molecule has 0 atom stereocenters. The first-order valence-electron chi connectivity index (χ1n) is 7.20. The normalized spacial score (nSPS) is 10.7. The van der Waals surface area contributed by atoms with Crippen LogP contribution in [0.15, 0.2) is 84.2 Å². The fourth-order valence-electron chi connectivity index (χ4n) is 2.55. The molecule has 0 saturated carbocycles. The molecule has 0 aliphatic heterocycles. The van der Waals surface area contributed by atoms with Crippen LogP contribution in [-0.2, 0) is 0 Å². The van der Waals surface area contributed by atoms with E-state index in [-0.39, 0.29) is 0 Å². The predicted molar refractivity (Wildman–Crippen MR) is 97.6 cm³/mol. The molecule has 4 rings (SSSR count). The topological polar surface area (TPSA) is 0 Å². The molecule has 2 aromatic carbocycles. The quantitative estimate of drug-likeness (QED) is 0.402. The van der Waals surface area contributed by atoms with Gasteiger partial charge in [0.15, 0.2) is 0 Å². The Morgan fingerprint density at radius 3 is 2.00 bits per heavy atom. The second-order valence-electron chi connectivity index (χ2n) is 5.06. The molecular formula is C20H14SSe. The molecule has 0 saturated heterocycles. The molecule has 2 heterocycles. The monoisotopic (exact) mass is 366 g/mol. The SMILES string of the molecule is c1ccc(-c2cc(-c3cccs3)c(-c3ccccc3)[se]2)cc1. The third kappa shape index (κ3) is 2.62. The predicted octanol–water partition coefficient (Wildman–Crippen LogP) is 5.81. The first-order valence-corrected chi connectivity index (χ1v) is 9.79. The van der Waals surface area contributed by atoms with Crippen LogP contribution in [0.25, 0.3) is 30.4 Å². The van der Waals surface area contributed by atoms with E-state index >= 15 is 0 Å². The average Bonchev–Trinajstić information content (AvgIpc) is 3.26. The minimum absolute atomic E-state index is 0.349. The van der Waals surface area contributed by atoms with Gasteiger partial charge in [0.2, 0.25) is 0 Å². The van der Waals surface area contributed by atoms with Gasteiger partial charge < -0.3 is 0 Å². The Labute approximate surface area is 140 Å². The number of hydrogen-bond acceptors (Lipinski definition) is 1. The number of benzene rings is 2. The molecule has 0 radical (unpaired) electrons. The second-order valence-corrected chi connectivity index (χ2v) is 8.22. The van der Waals surface area contributed by atoms with Crippen molar-refractivity contribution < 1.29 is 0 Å². The van der Waals surface area contributed by atoms with Crippen molar-refractivity contribution in [1.29, 1.82) is 0 Å². The summed E-state index contributed by atoms with van der Waals surface area (Å²) in [7, 11) is 0. The van der Waals surface area contributed by atoms with Crippen LogP contribution in [0.4, 0.5) is 0 Å². The van der Waals surface area contributed by atoms with E-state index in [0.29, 0.717) is 14.5 Å². The average molecular weight is 365 g/mol. The maximum atomic E-state index is 2.39. The number of rotatable bonds is 3. The molecule has 0 fully saturated rings. The summed E-state index contributed by atoms with van der Waals surface area (Å²) in [5.74, 6) is 0. The van der Waals surface area contributed by atoms with Crippen LogP contribution in [0.5, 0.6) is 0 Å². The third-order valence-corrected chi connectivity index (χ3v) is 7.10. The third-order valence-electron chi connectivity index (χ3n) is 3.61. The van der Waals surface area contributed by atoms with E-state index in [1.54, 1.807) is 0 Å². The molecule has 2 heteroatoms. The van der Waals surface area contributed by atoms with Crippen molar-refractivity contribution in [3.8, 4) is 30.4 Å². The van der Waals surface area contributed by atoms with Crippen LogP contribution in [-0.4, -0.2) is 14.5 Å². The van der Waals surface area contributed by atoms with Crippen LogP contribution in [0.3, 0.4) is 0 Å². The van der Waals surface area contributed by atoms with Crippen molar-refractivity contribution in [2.75, 3.05) is 0 Å². The molecule has 0 spiro atoms. The summed E-state index contributed by atoms with van der Waals surface area (Å²) in [6.07, 6.45) is 0. The molecule has 0 aliphatic carbocycles. The van der Waals surface area contributed by atoms with Gasteiger partial charge in [-0.2, -0.15) is 0 Å². The molecule has 0 N–H and O–H groups in total. The van der Waals surface area contributed by atoms with Gasteiger partial charge >= 0.3 is 141 Å². The second kappa shape index (κ2) is 6.10. The van der Waals surface area contributed by atoms with E-state index in [4.69, 9.17) is 0 Å². The van der Waals surface area contributed by atoms with E-state index in [1.165, 1.54) is 30.4 Å². The zero-order chi connectivity index (χ0) is 14.8. The Hall–Kier alpha value is -1.86. The summed E-state index contributed by atoms with van der Waals surface area (Å²) >= 11 is 2.17. The summed E-state index contributed by atoms with van der Waals surface area (Å²) < 4.78 is 2.96. The fraction of sp³-hybridized carbons (Fsp3) is 0. The van der Waals surface area contributed by atoms with Gasteiger partial charge in [-0.1, -0.05) is 0 Å². The van der Waals surface area contributed by atoms with Crippen molar-refractivity contribution in [2.45, 2.75) is 0 Å². The van der Waals surface area contributed by atoms with Gasteiger partial charge in [0.1, 0.15) is 0 Å². The van der Waals surface area contributed by atoms with Crippen molar-refractivity contribution in [2.24, 2.45) is 0 Å². The van der Waals surface area contributed by atoms with Gasteiger partial charge in [0.25, 0.3) is 0 Å². The van der Waals surface area contributed by atoms with E-state index in [0.717, 1.165) is 0 Å². The van der Waals surface area contributed by atoms with Gasteiger partial charge in [-0.25, -0.2) is 0 Å². The van der Waals surface area contributed by atoms with Gasteiger partial charge in [-0.05, 0) is 0 Å². The number of thiophene rings is 1. The van der Waals surface area contributed by atoms with Crippen LogP contribution in [0, 0.1) is 0 Å². The van der Waals surface area contributed by atoms with E-state index < -0.39 is 0 Å². The minimum atomic E-state index is 0.349. The molecule has 22 heavy (non-hydrogen) atoms. The molecule has 0 nitrogen and oxygen atoms in total. The Morgan fingerprint density at radius 1 is 0.682 bits per heavy atom. The Kier molecular flexibility index (Phi) is 3.82. The van der Waals surface area contributed by atoms with Crippen molar-refractivity contribution in [3.05, 3.63) is 84.2 Å². The summed E-state index contributed by atoms with van der Waals surface area (Å²) in [5.41, 5.74) is 4.11. The maximum absolute atomic E-state index is 2.39. The van der Waals surface area contributed by atoms with E-state index in [1.807, 2.05) is 11.3 Å². The first-order chi connectivity index (χ1) is 10.9. The van der Waals surface area contributed by atoms with Crippen molar-refractivity contribution >= 4 is 25.8 Å². The Morgan fingerprint density at radius 2 is 1.36 bits per heavy atom. The Balaban J connectivity index is 1.91. The van der Waals surface area contributed by atoms with Gasteiger partial charge in [-0.15, -0.1) is 0 Å². The summed E-state index contributed by atoms with van der Waals surface area (Å²) in [6, 6.07) is 28.3. The molecule has 4 aromatic rings. The van der Waals surface area contributed by atoms with Crippen molar-refractivity contribution in [3.63, 3.8) is 0 Å². The zero-order valence-electron chi connectivity index (χ0n) is 11.9. The van der Waals surface area contributed by atoms with Gasteiger partial charge in [-0.3, -0.25) is 0 Å². The van der Waals surface area contributed by atoms with Gasteiger partial charge in [0.05, 0.1) is 0 Å². The molecule has 2 aromatic heterocycles. The van der Waals surface area contributed by atoms with Crippen LogP contribution < -0.4 is 0 Å². The van der Waals surface area contributed by atoms with Crippen molar-refractivity contribution in [1.82, 2.24) is 0 Å². The number of hydrogen-bond donors (Lipinski definition) is 0.